The van der Waals surface area contributed by atoms with Gasteiger partial charge in [-0.25, -0.2) is 4.98 Å². The lowest BCUT2D eigenvalue weighted by molar-refractivity contribution is 0.0295. The molecule has 0 radical (unpaired) electrons. The second-order valence-corrected chi connectivity index (χ2v) is 7.06. The molecule has 1 saturated heterocycles. The molecule has 2 aliphatic rings. The standard InChI is InChI=1S/C21H19N3O3/c25-20-15-12-18-16(21(26)24-9-4-7-19(24)27-18)11-17(15)22-13-23(20)10-8-14-5-2-1-3-6-14/h1-3,5-6,11-13,19H,4,7-10H2. The van der Waals surface area contributed by atoms with Gasteiger partial charge in [0.05, 0.1) is 22.8 Å². The number of carbonyl (C=O) groups is 1. The van der Waals surface area contributed by atoms with E-state index in [1.807, 2.05) is 30.3 Å². The van der Waals surface area contributed by atoms with E-state index in [4.69, 9.17) is 4.74 Å². The minimum absolute atomic E-state index is 0.0318. The molecular formula is C21H19N3O3. The Kier molecular flexibility index (Phi) is 3.70. The predicted molar refractivity (Wildman–Crippen MR) is 101 cm³/mol. The molecule has 3 heterocycles. The summed E-state index contributed by atoms with van der Waals surface area (Å²) < 4.78 is 7.61. The number of benzene rings is 2. The zero-order valence-electron chi connectivity index (χ0n) is 14.8. The fourth-order valence-corrected chi connectivity index (χ4v) is 3.90. The van der Waals surface area contributed by atoms with Gasteiger partial charge >= 0.3 is 0 Å². The third-order valence-corrected chi connectivity index (χ3v) is 5.36. The van der Waals surface area contributed by atoms with Gasteiger partial charge in [-0.3, -0.25) is 14.2 Å². The van der Waals surface area contributed by atoms with E-state index >= 15 is 0 Å². The van der Waals surface area contributed by atoms with Crippen LogP contribution in [-0.4, -0.2) is 33.1 Å². The molecule has 5 rings (SSSR count). The second-order valence-electron chi connectivity index (χ2n) is 7.06. The van der Waals surface area contributed by atoms with Crippen molar-refractivity contribution >= 4 is 16.8 Å². The Morgan fingerprint density at radius 2 is 2.00 bits per heavy atom. The van der Waals surface area contributed by atoms with E-state index < -0.39 is 0 Å². The summed E-state index contributed by atoms with van der Waals surface area (Å²) in [5.74, 6) is 0.464. The number of aryl methyl sites for hydroxylation is 2. The average Bonchev–Trinajstić information content (AvgIpc) is 3.17. The number of hydrogen-bond donors (Lipinski definition) is 0. The van der Waals surface area contributed by atoms with Crippen LogP contribution in [0.25, 0.3) is 10.9 Å². The van der Waals surface area contributed by atoms with Crippen LogP contribution in [0.1, 0.15) is 28.8 Å². The van der Waals surface area contributed by atoms with E-state index in [1.165, 1.54) is 5.56 Å². The fraction of sp³-hybridized carbons (Fsp3) is 0.286. The fourth-order valence-electron chi connectivity index (χ4n) is 3.90. The Morgan fingerprint density at radius 3 is 2.85 bits per heavy atom. The summed E-state index contributed by atoms with van der Waals surface area (Å²) in [6.45, 7) is 1.27. The van der Waals surface area contributed by atoms with Gasteiger partial charge in [0.1, 0.15) is 5.75 Å². The predicted octanol–water partition coefficient (Wildman–Crippen LogP) is 2.59. The molecular weight excluding hydrogens is 342 g/mol. The highest BCUT2D eigenvalue weighted by Crippen LogP contribution is 2.34. The minimum atomic E-state index is -0.209. The number of rotatable bonds is 3. The third kappa shape index (κ3) is 2.68. The van der Waals surface area contributed by atoms with Gasteiger partial charge in [-0.1, -0.05) is 30.3 Å². The molecule has 0 aliphatic carbocycles. The van der Waals surface area contributed by atoms with Crippen molar-refractivity contribution in [2.75, 3.05) is 6.54 Å². The van der Waals surface area contributed by atoms with Crippen LogP contribution >= 0.6 is 0 Å². The quantitative estimate of drug-likeness (QED) is 0.719. The Labute approximate surface area is 156 Å². The number of ether oxygens (including phenoxy) is 1. The molecule has 0 saturated carbocycles. The smallest absolute Gasteiger partial charge is 0.261 e. The lowest BCUT2D eigenvalue weighted by Crippen LogP contribution is -2.43. The van der Waals surface area contributed by atoms with E-state index in [-0.39, 0.29) is 17.7 Å². The molecule has 1 fully saturated rings. The maximum absolute atomic E-state index is 12.9. The van der Waals surface area contributed by atoms with E-state index in [2.05, 4.69) is 4.98 Å². The molecule has 6 heteroatoms. The first kappa shape index (κ1) is 16.1. The molecule has 136 valence electrons. The van der Waals surface area contributed by atoms with Crippen molar-refractivity contribution in [2.45, 2.75) is 32.0 Å². The van der Waals surface area contributed by atoms with Gasteiger partial charge in [0.2, 0.25) is 0 Å². The Balaban J connectivity index is 1.51. The first-order chi connectivity index (χ1) is 13.2. The van der Waals surface area contributed by atoms with Crippen molar-refractivity contribution in [1.29, 1.82) is 0 Å². The molecule has 6 nitrogen and oxygen atoms in total. The maximum atomic E-state index is 12.9. The van der Waals surface area contributed by atoms with Crippen LogP contribution in [0, 0.1) is 0 Å². The van der Waals surface area contributed by atoms with Crippen molar-refractivity contribution in [3.8, 4) is 5.75 Å². The topological polar surface area (TPSA) is 64.4 Å². The molecule has 1 unspecified atom stereocenters. The monoisotopic (exact) mass is 361 g/mol. The molecule has 0 N–H and O–H groups in total. The molecule has 2 aliphatic heterocycles. The van der Waals surface area contributed by atoms with E-state index in [0.717, 1.165) is 25.8 Å². The van der Waals surface area contributed by atoms with Gasteiger partial charge in [-0.2, -0.15) is 0 Å². The molecule has 0 bridgehead atoms. The van der Waals surface area contributed by atoms with Crippen LogP contribution in [0.3, 0.4) is 0 Å². The highest BCUT2D eigenvalue weighted by atomic mass is 16.5. The van der Waals surface area contributed by atoms with Gasteiger partial charge in [0, 0.05) is 19.5 Å². The van der Waals surface area contributed by atoms with Crippen LogP contribution in [0.15, 0.2) is 53.6 Å². The number of amides is 1. The van der Waals surface area contributed by atoms with Crippen LogP contribution < -0.4 is 10.3 Å². The molecule has 1 aromatic heterocycles. The molecule has 2 aromatic carbocycles. The average molecular weight is 361 g/mol. The molecule has 1 amide bonds. The number of nitrogens with zero attached hydrogens (tertiary/aromatic N) is 3. The van der Waals surface area contributed by atoms with Crippen LogP contribution in [-0.2, 0) is 13.0 Å². The summed E-state index contributed by atoms with van der Waals surface area (Å²) in [6.07, 6.45) is 3.88. The summed E-state index contributed by atoms with van der Waals surface area (Å²) in [5.41, 5.74) is 2.09. The van der Waals surface area contributed by atoms with Gasteiger partial charge in [0.25, 0.3) is 11.5 Å². The highest BCUT2D eigenvalue weighted by Gasteiger charge is 2.37. The summed E-state index contributed by atoms with van der Waals surface area (Å²) >= 11 is 0. The number of fused-ring (bicyclic) bond motifs is 3. The first-order valence-corrected chi connectivity index (χ1v) is 9.25. The third-order valence-electron chi connectivity index (χ3n) is 5.36. The zero-order chi connectivity index (χ0) is 18.4. The van der Waals surface area contributed by atoms with E-state index in [0.29, 0.717) is 28.8 Å². The zero-order valence-corrected chi connectivity index (χ0v) is 14.8. The highest BCUT2D eigenvalue weighted by molar-refractivity contribution is 6.01. The Bertz CT molecular complexity index is 1090. The van der Waals surface area contributed by atoms with Gasteiger partial charge in [-0.05, 0) is 30.5 Å². The normalized spacial score (nSPS) is 18.3. The van der Waals surface area contributed by atoms with Crippen molar-refractivity contribution in [3.63, 3.8) is 0 Å². The summed E-state index contributed by atoms with van der Waals surface area (Å²) in [7, 11) is 0. The molecule has 27 heavy (non-hydrogen) atoms. The number of hydrogen-bond acceptors (Lipinski definition) is 4. The van der Waals surface area contributed by atoms with Crippen LogP contribution in [0.5, 0.6) is 5.75 Å². The van der Waals surface area contributed by atoms with Crippen molar-refractivity contribution in [3.05, 3.63) is 70.3 Å². The second kappa shape index (κ2) is 6.23. The van der Waals surface area contributed by atoms with Gasteiger partial charge in [-0.15, -0.1) is 0 Å². The van der Waals surface area contributed by atoms with Gasteiger partial charge in [0.15, 0.2) is 6.23 Å². The van der Waals surface area contributed by atoms with Crippen LogP contribution in [0.2, 0.25) is 0 Å². The first-order valence-electron chi connectivity index (χ1n) is 9.25. The lowest BCUT2D eigenvalue weighted by Gasteiger charge is -2.31. The SMILES string of the molecule is O=C1c2cc3ncn(CCc4ccccc4)c(=O)c3cc2OC2CCCN12. The van der Waals surface area contributed by atoms with Gasteiger partial charge < -0.3 is 9.64 Å². The van der Waals surface area contributed by atoms with Crippen molar-refractivity contribution in [2.24, 2.45) is 0 Å². The van der Waals surface area contributed by atoms with Crippen molar-refractivity contribution < 1.29 is 9.53 Å². The summed E-state index contributed by atoms with van der Waals surface area (Å²) in [6, 6.07) is 13.4. The number of aromatic nitrogens is 2. The molecule has 3 aromatic rings. The molecule has 1 atom stereocenters. The largest absolute Gasteiger partial charge is 0.470 e. The summed E-state index contributed by atoms with van der Waals surface area (Å²) in [4.78, 5) is 31.8. The Hall–Kier alpha value is -3.15. The van der Waals surface area contributed by atoms with E-state index in [9.17, 15) is 9.59 Å². The van der Waals surface area contributed by atoms with E-state index in [1.54, 1.807) is 27.9 Å². The molecule has 0 spiro atoms. The summed E-state index contributed by atoms with van der Waals surface area (Å²) in [5, 5.41) is 0.489. The maximum Gasteiger partial charge on any atom is 0.261 e. The lowest BCUT2D eigenvalue weighted by atomic mass is 10.1. The van der Waals surface area contributed by atoms with Crippen molar-refractivity contribution in [1.82, 2.24) is 14.5 Å². The van der Waals surface area contributed by atoms with Crippen LogP contribution in [0.4, 0.5) is 0 Å². The Morgan fingerprint density at radius 1 is 1.15 bits per heavy atom. The minimum Gasteiger partial charge on any atom is -0.470 e. The number of carbonyl (C=O) groups excluding carboxylic acids is 1.